The van der Waals surface area contributed by atoms with E-state index in [0.717, 1.165) is 12.8 Å². The lowest BCUT2D eigenvalue weighted by Gasteiger charge is -2.22. The van der Waals surface area contributed by atoms with Crippen LogP contribution in [0.25, 0.3) is 0 Å². The molecule has 19 heavy (non-hydrogen) atoms. The zero-order valence-electron chi connectivity index (χ0n) is 10.7. The van der Waals surface area contributed by atoms with Crippen LogP contribution in [0.5, 0.6) is 0 Å². The van der Waals surface area contributed by atoms with Gasteiger partial charge in [0.2, 0.25) is 0 Å². The molecular formula is C17H16ClF. The molecule has 0 N–H and O–H groups in total. The minimum absolute atomic E-state index is 0.0467. The number of benzene rings is 2. The summed E-state index contributed by atoms with van der Waals surface area (Å²) in [5.41, 5.74) is 2.04. The number of hydrogen-bond acceptors (Lipinski definition) is 0. The van der Waals surface area contributed by atoms with Gasteiger partial charge >= 0.3 is 0 Å². The van der Waals surface area contributed by atoms with Gasteiger partial charge in [-0.1, -0.05) is 48.5 Å². The molecule has 0 heterocycles. The Morgan fingerprint density at radius 2 is 1.63 bits per heavy atom. The van der Waals surface area contributed by atoms with Crippen LogP contribution < -0.4 is 0 Å². The van der Waals surface area contributed by atoms with Gasteiger partial charge in [0.15, 0.2) is 0 Å². The average Bonchev–Trinajstić information content (AvgIpc) is 3.24. The van der Waals surface area contributed by atoms with Crippen molar-refractivity contribution >= 4 is 11.6 Å². The van der Waals surface area contributed by atoms with E-state index in [1.807, 2.05) is 30.3 Å². The maximum Gasteiger partial charge on any atom is 0.126 e. The Hall–Kier alpha value is -1.34. The molecule has 0 spiro atoms. The second-order valence-corrected chi connectivity index (χ2v) is 5.81. The van der Waals surface area contributed by atoms with E-state index in [4.69, 9.17) is 11.6 Å². The van der Waals surface area contributed by atoms with E-state index in [0.29, 0.717) is 12.0 Å². The van der Waals surface area contributed by atoms with Crippen LogP contribution in [0, 0.1) is 5.82 Å². The summed E-state index contributed by atoms with van der Waals surface area (Å²) in [6, 6.07) is 17.3. The van der Waals surface area contributed by atoms with Crippen LogP contribution in [0.2, 0.25) is 0 Å². The molecule has 2 aromatic carbocycles. The first-order valence-electron chi connectivity index (χ1n) is 6.65. The van der Waals surface area contributed by atoms with Gasteiger partial charge in [-0.05, 0) is 36.5 Å². The van der Waals surface area contributed by atoms with E-state index < -0.39 is 0 Å². The summed E-state index contributed by atoms with van der Waals surface area (Å²) < 4.78 is 13.7. The van der Waals surface area contributed by atoms with Gasteiger partial charge in [0, 0.05) is 10.8 Å². The summed E-state index contributed by atoms with van der Waals surface area (Å²) in [6.07, 6.45) is 2.78. The molecule has 0 aromatic heterocycles. The van der Waals surface area contributed by atoms with E-state index in [1.165, 1.54) is 11.6 Å². The van der Waals surface area contributed by atoms with Crippen molar-refractivity contribution in [3.8, 4) is 0 Å². The zero-order valence-corrected chi connectivity index (χ0v) is 11.4. The van der Waals surface area contributed by atoms with Gasteiger partial charge in [0.05, 0.1) is 0 Å². The molecule has 2 heteroatoms. The molecule has 0 radical (unpaired) electrons. The topological polar surface area (TPSA) is 0 Å². The first-order chi connectivity index (χ1) is 9.22. The van der Waals surface area contributed by atoms with Gasteiger partial charge in [0.1, 0.15) is 5.82 Å². The van der Waals surface area contributed by atoms with Crippen LogP contribution >= 0.6 is 11.6 Å². The average molecular weight is 275 g/mol. The van der Waals surface area contributed by atoms with Crippen molar-refractivity contribution in [1.29, 1.82) is 0 Å². The van der Waals surface area contributed by atoms with Crippen molar-refractivity contribution in [2.45, 2.75) is 30.1 Å². The van der Waals surface area contributed by atoms with Gasteiger partial charge < -0.3 is 0 Å². The highest BCUT2D eigenvalue weighted by Crippen LogP contribution is 2.53. The maximum atomic E-state index is 13.7. The molecule has 0 nitrogen and oxygen atoms in total. The Labute approximate surface area is 118 Å². The molecule has 0 amide bonds. The van der Waals surface area contributed by atoms with E-state index in [1.54, 1.807) is 6.07 Å². The second kappa shape index (κ2) is 4.97. The first-order valence-corrected chi connectivity index (χ1v) is 7.09. The zero-order chi connectivity index (χ0) is 13.3. The highest BCUT2D eigenvalue weighted by Gasteiger charge is 2.49. The quantitative estimate of drug-likeness (QED) is 0.709. The van der Waals surface area contributed by atoms with Crippen LogP contribution in [0.4, 0.5) is 4.39 Å². The van der Waals surface area contributed by atoms with E-state index in [-0.39, 0.29) is 16.6 Å². The predicted molar refractivity (Wildman–Crippen MR) is 77.1 cm³/mol. The fourth-order valence-electron chi connectivity index (χ4n) is 2.74. The fourth-order valence-corrected chi connectivity index (χ4v) is 3.25. The second-order valence-electron chi connectivity index (χ2n) is 5.29. The van der Waals surface area contributed by atoms with Crippen LogP contribution in [-0.2, 0) is 11.8 Å². The Bertz CT molecular complexity index is 560. The molecule has 1 unspecified atom stereocenters. The smallest absolute Gasteiger partial charge is 0.126 e. The minimum Gasteiger partial charge on any atom is -0.207 e. The molecule has 2 aromatic rings. The highest BCUT2D eigenvalue weighted by molar-refractivity contribution is 6.22. The summed E-state index contributed by atoms with van der Waals surface area (Å²) in [7, 11) is 0. The lowest BCUT2D eigenvalue weighted by molar-refractivity contribution is 0.579. The van der Waals surface area contributed by atoms with Crippen LogP contribution in [0.3, 0.4) is 0 Å². The fraction of sp³-hybridized carbons (Fsp3) is 0.294. The summed E-state index contributed by atoms with van der Waals surface area (Å²) in [4.78, 5) is 0. The predicted octanol–water partition coefficient (Wildman–Crippen LogP) is 4.71. The normalized spacial score (nSPS) is 18.0. The minimum atomic E-state index is -0.156. The molecular weight excluding hydrogens is 259 g/mol. The third kappa shape index (κ3) is 2.40. The Kier molecular flexibility index (Phi) is 3.32. The summed E-state index contributed by atoms with van der Waals surface area (Å²) in [6.45, 7) is 0. The lowest BCUT2D eigenvalue weighted by atomic mass is 9.89. The SMILES string of the molecule is Fc1ccccc1CC(Cl)C1(c2ccccc2)CC1. The standard InChI is InChI=1S/C17H16ClF/c18-16(12-13-6-4-5-9-15(13)19)17(10-11-17)14-7-2-1-3-8-14/h1-9,16H,10-12H2. The Balaban J connectivity index is 1.82. The molecule has 0 bridgehead atoms. The summed E-state index contributed by atoms with van der Waals surface area (Å²) in [5.74, 6) is -0.156. The van der Waals surface area contributed by atoms with Crippen molar-refractivity contribution in [2.24, 2.45) is 0 Å². The largest absolute Gasteiger partial charge is 0.207 e. The highest BCUT2D eigenvalue weighted by atomic mass is 35.5. The molecule has 1 atom stereocenters. The van der Waals surface area contributed by atoms with Crippen LogP contribution in [-0.4, -0.2) is 5.38 Å². The molecule has 3 rings (SSSR count). The summed E-state index contributed by atoms with van der Waals surface area (Å²) >= 11 is 6.61. The van der Waals surface area contributed by atoms with Crippen molar-refractivity contribution in [1.82, 2.24) is 0 Å². The Morgan fingerprint density at radius 1 is 1.00 bits per heavy atom. The van der Waals surface area contributed by atoms with Gasteiger partial charge in [-0.2, -0.15) is 0 Å². The molecule has 98 valence electrons. The molecule has 0 aliphatic heterocycles. The number of alkyl halides is 1. The van der Waals surface area contributed by atoms with Crippen molar-refractivity contribution < 1.29 is 4.39 Å². The number of halogens is 2. The number of hydrogen-bond donors (Lipinski definition) is 0. The van der Waals surface area contributed by atoms with E-state index >= 15 is 0 Å². The van der Waals surface area contributed by atoms with Crippen LogP contribution in [0.15, 0.2) is 54.6 Å². The van der Waals surface area contributed by atoms with Gasteiger partial charge in [-0.3, -0.25) is 0 Å². The van der Waals surface area contributed by atoms with E-state index in [2.05, 4.69) is 12.1 Å². The van der Waals surface area contributed by atoms with E-state index in [9.17, 15) is 4.39 Å². The maximum absolute atomic E-state index is 13.7. The molecule has 0 saturated heterocycles. The molecule has 1 aliphatic carbocycles. The third-order valence-electron chi connectivity index (χ3n) is 4.09. The molecule has 1 aliphatic rings. The van der Waals surface area contributed by atoms with Gasteiger partial charge in [0.25, 0.3) is 0 Å². The van der Waals surface area contributed by atoms with Crippen LogP contribution in [0.1, 0.15) is 24.0 Å². The molecule has 1 fully saturated rings. The monoisotopic (exact) mass is 274 g/mol. The third-order valence-corrected chi connectivity index (χ3v) is 4.67. The lowest BCUT2D eigenvalue weighted by Crippen LogP contribution is -2.23. The van der Waals surface area contributed by atoms with Gasteiger partial charge in [-0.25, -0.2) is 4.39 Å². The van der Waals surface area contributed by atoms with Crippen molar-refractivity contribution in [3.05, 3.63) is 71.5 Å². The van der Waals surface area contributed by atoms with Gasteiger partial charge in [-0.15, -0.1) is 11.6 Å². The first kappa shape index (κ1) is 12.7. The number of rotatable bonds is 4. The Morgan fingerprint density at radius 3 is 2.26 bits per heavy atom. The van der Waals surface area contributed by atoms with Crippen molar-refractivity contribution in [2.75, 3.05) is 0 Å². The molecule has 1 saturated carbocycles. The summed E-state index contributed by atoms with van der Waals surface area (Å²) in [5, 5.41) is -0.0493. The van der Waals surface area contributed by atoms with Crippen molar-refractivity contribution in [3.63, 3.8) is 0 Å².